The van der Waals surface area contributed by atoms with Gasteiger partial charge in [0.1, 0.15) is 12.4 Å². The summed E-state index contributed by atoms with van der Waals surface area (Å²) in [7, 11) is 3.30. The highest BCUT2D eigenvalue weighted by Gasteiger charge is 2.14. The molecule has 0 spiro atoms. The molecule has 0 aliphatic heterocycles. The maximum atomic E-state index is 7.61. The van der Waals surface area contributed by atoms with E-state index in [-0.39, 0.29) is 0 Å². The van der Waals surface area contributed by atoms with Gasteiger partial charge >= 0.3 is 0 Å². The van der Waals surface area contributed by atoms with Crippen molar-refractivity contribution < 1.29 is 14.2 Å². The lowest BCUT2D eigenvalue weighted by atomic mass is 10.0. The van der Waals surface area contributed by atoms with Crippen LogP contribution in [0.15, 0.2) is 66.7 Å². The molecule has 5 heteroatoms. The van der Waals surface area contributed by atoms with Crippen LogP contribution in [0.5, 0.6) is 17.2 Å². The first-order chi connectivity index (χ1) is 14.7. The van der Waals surface area contributed by atoms with Crippen molar-refractivity contribution >= 4 is 6.21 Å². The Bertz CT molecular complexity index is 941. The van der Waals surface area contributed by atoms with Crippen molar-refractivity contribution in [2.45, 2.75) is 6.42 Å². The first-order valence-corrected chi connectivity index (χ1v) is 9.99. The summed E-state index contributed by atoms with van der Waals surface area (Å²) in [6.45, 7) is 2.10. The van der Waals surface area contributed by atoms with Gasteiger partial charge in [0.2, 0.25) is 0 Å². The Morgan fingerprint density at radius 3 is 2.33 bits per heavy atom. The highest BCUT2D eigenvalue weighted by Crippen LogP contribution is 2.39. The Labute approximate surface area is 178 Å². The normalized spacial score (nSPS) is 10.5. The van der Waals surface area contributed by atoms with E-state index in [1.165, 1.54) is 11.8 Å². The summed E-state index contributed by atoms with van der Waals surface area (Å²) in [4.78, 5) is 0. The van der Waals surface area contributed by atoms with Crippen LogP contribution in [0.1, 0.15) is 11.1 Å². The minimum Gasteiger partial charge on any atom is -0.497 e. The van der Waals surface area contributed by atoms with Crippen molar-refractivity contribution in [2.75, 3.05) is 33.9 Å². The molecule has 3 aromatic carbocycles. The summed E-state index contributed by atoms with van der Waals surface area (Å²) in [5, 5.41) is 11.0. The molecule has 0 fully saturated rings. The molecule has 0 aliphatic rings. The zero-order valence-corrected chi connectivity index (χ0v) is 17.5. The third-order valence-corrected chi connectivity index (χ3v) is 4.82. The molecule has 3 aromatic rings. The zero-order valence-electron chi connectivity index (χ0n) is 17.5. The second kappa shape index (κ2) is 11.0. The van der Waals surface area contributed by atoms with E-state index >= 15 is 0 Å². The average Bonchev–Trinajstić information content (AvgIpc) is 2.81. The van der Waals surface area contributed by atoms with Gasteiger partial charge in [-0.15, -0.1) is 0 Å². The fourth-order valence-electron chi connectivity index (χ4n) is 3.21. The van der Waals surface area contributed by atoms with Crippen molar-refractivity contribution in [3.8, 4) is 28.4 Å². The molecule has 0 saturated heterocycles. The molecule has 2 N–H and O–H groups in total. The molecule has 0 radical (unpaired) electrons. The van der Waals surface area contributed by atoms with E-state index in [1.54, 1.807) is 14.2 Å². The highest BCUT2D eigenvalue weighted by molar-refractivity contribution is 5.85. The average molecular weight is 405 g/mol. The second-order valence-corrected chi connectivity index (χ2v) is 6.81. The Morgan fingerprint density at radius 1 is 0.900 bits per heavy atom. The minimum absolute atomic E-state index is 0.517. The first-order valence-electron chi connectivity index (χ1n) is 9.99. The second-order valence-electron chi connectivity index (χ2n) is 6.81. The fourth-order valence-corrected chi connectivity index (χ4v) is 3.21. The topological polar surface area (TPSA) is 63.6 Å². The molecule has 30 heavy (non-hydrogen) atoms. The molecule has 0 amide bonds. The molecule has 0 atom stereocenters. The fraction of sp³-hybridized carbons (Fsp3) is 0.240. The van der Waals surface area contributed by atoms with Gasteiger partial charge in [0.25, 0.3) is 0 Å². The van der Waals surface area contributed by atoms with Gasteiger partial charge in [-0.1, -0.05) is 42.5 Å². The van der Waals surface area contributed by atoms with E-state index in [0.29, 0.717) is 18.1 Å². The number of hydrogen-bond acceptors (Lipinski definition) is 5. The molecule has 0 aromatic heterocycles. The van der Waals surface area contributed by atoms with Gasteiger partial charge in [0.15, 0.2) is 11.5 Å². The predicted octanol–water partition coefficient (Wildman–Crippen LogP) is 4.58. The lowest BCUT2D eigenvalue weighted by Gasteiger charge is -2.17. The number of rotatable bonds is 11. The lowest BCUT2D eigenvalue weighted by molar-refractivity contribution is 0.294. The standard InChI is InChI=1S/C25H28N2O3/c1-28-22-10-8-19(9-11-22)12-13-27-14-15-30-25-23(21-6-4-3-5-7-21)16-20(18-26)17-24(25)29-2/h3-11,16-18,26-27H,12-15H2,1-2H3. The van der Waals surface area contributed by atoms with Gasteiger partial charge in [0, 0.05) is 18.3 Å². The smallest absolute Gasteiger partial charge is 0.169 e. The van der Waals surface area contributed by atoms with Crippen LogP contribution in [0.4, 0.5) is 0 Å². The monoisotopic (exact) mass is 404 g/mol. The van der Waals surface area contributed by atoms with Crippen molar-refractivity contribution in [2.24, 2.45) is 0 Å². The van der Waals surface area contributed by atoms with Crippen LogP contribution in [-0.2, 0) is 6.42 Å². The number of hydrogen-bond donors (Lipinski definition) is 2. The van der Waals surface area contributed by atoms with Gasteiger partial charge in [-0.3, -0.25) is 0 Å². The summed E-state index contributed by atoms with van der Waals surface area (Å²) in [5.41, 5.74) is 3.99. The highest BCUT2D eigenvalue weighted by atomic mass is 16.5. The zero-order chi connectivity index (χ0) is 21.2. The molecule has 0 aliphatic carbocycles. The maximum Gasteiger partial charge on any atom is 0.169 e. The molecule has 0 heterocycles. The van der Waals surface area contributed by atoms with E-state index in [4.69, 9.17) is 19.6 Å². The first kappa shape index (κ1) is 21.4. The van der Waals surface area contributed by atoms with Gasteiger partial charge in [-0.05, 0) is 53.9 Å². The molecular formula is C25H28N2O3. The Kier molecular flexibility index (Phi) is 7.86. The van der Waals surface area contributed by atoms with E-state index < -0.39 is 0 Å². The SMILES string of the molecule is COc1ccc(CCNCCOc2c(OC)cc(C=N)cc2-c2ccccc2)cc1. The molecule has 0 unspecified atom stereocenters. The summed E-state index contributed by atoms with van der Waals surface area (Å²) in [6.07, 6.45) is 2.26. The van der Waals surface area contributed by atoms with E-state index in [1.807, 2.05) is 54.6 Å². The molecule has 5 nitrogen and oxygen atoms in total. The van der Waals surface area contributed by atoms with Crippen molar-refractivity contribution in [3.63, 3.8) is 0 Å². The number of benzene rings is 3. The third kappa shape index (κ3) is 5.61. The summed E-state index contributed by atoms with van der Waals surface area (Å²) in [5.74, 6) is 2.21. The molecular weight excluding hydrogens is 376 g/mol. The summed E-state index contributed by atoms with van der Waals surface area (Å²) >= 11 is 0. The van der Waals surface area contributed by atoms with Crippen molar-refractivity contribution in [1.82, 2.24) is 5.32 Å². The van der Waals surface area contributed by atoms with Crippen LogP contribution in [0, 0.1) is 5.41 Å². The number of nitrogens with one attached hydrogen (secondary N) is 2. The summed E-state index contributed by atoms with van der Waals surface area (Å²) in [6, 6.07) is 21.9. The number of methoxy groups -OCH3 is 2. The van der Waals surface area contributed by atoms with E-state index in [0.717, 1.165) is 42.0 Å². The quantitative estimate of drug-likeness (QED) is 0.363. The van der Waals surface area contributed by atoms with Crippen LogP contribution in [0.2, 0.25) is 0 Å². The van der Waals surface area contributed by atoms with Gasteiger partial charge < -0.3 is 24.9 Å². The molecule has 3 rings (SSSR count). The Balaban J connectivity index is 1.59. The van der Waals surface area contributed by atoms with E-state index in [9.17, 15) is 0 Å². The maximum absolute atomic E-state index is 7.61. The Morgan fingerprint density at radius 2 is 1.67 bits per heavy atom. The van der Waals surface area contributed by atoms with E-state index in [2.05, 4.69) is 17.4 Å². The van der Waals surface area contributed by atoms with Crippen LogP contribution < -0.4 is 19.5 Å². The van der Waals surface area contributed by atoms with Gasteiger partial charge in [-0.2, -0.15) is 0 Å². The molecule has 0 bridgehead atoms. The van der Waals surface area contributed by atoms with Crippen LogP contribution in [0.3, 0.4) is 0 Å². The van der Waals surface area contributed by atoms with Crippen molar-refractivity contribution in [3.05, 3.63) is 77.9 Å². The molecule has 0 saturated carbocycles. The number of ether oxygens (including phenoxy) is 3. The third-order valence-electron chi connectivity index (χ3n) is 4.82. The van der Waals surface area contributed by atoms with Gasteiger partial charge in [0.05, 0.1) is 14.2 Å². The van der Waals surface area contributed by atoms with Crippen LogP contribution >= 0.6 is 0 Å². The van der Waals surface area contributed by atoms with Crippen LogP contribution in [0.25, 0.3) is 11.1 Å². The largest absolute Gasteiger partial charge is 0.497 e. The summed E-state index contributed by atoms with van der Waals surface area (Å²) < 4.78 is 16.9. The molecule has 156 valence electrons. The Hall–Kier alpha value is -3.31. The van der Waals surface area contributed by atoms with Gasteiger partial charge in [-0.25, -0.2) is 0 Å². The predicted molar refractivity (Wildman–Crippen MR) is 121 cm³/mol. The van der Waals surface area contributed by atoms with Crippen molar-refractivity contribution in [1.29, 1.82) is 5.41 Å². The van der Waals surface area contributed by atoms with Crippen LogP contribution in [-0.4, -0.2) is 40.1 Å². The minimum atomic E-state index is 0.517. The lowest BCUT2D eigenvalue weighted by Crippen LogP contribution is -2.23.